The van der Waals surface area contributed by atoms with E-state index in [1.54, 1.807) is 0 Å². The van der Waals surface area contributed by atoms with Crippen molar-refractivity contribution in [1.29, 1.82) is 0 Å². The van der Waals surface area contributed by atoms with E-state index < -0.39 is 0 Å². The first kappa shape index (κ1) is 13.2. The fraction of sp³-hybridized carbons (Fsp3) is 0.750. The lowest BCUT2D eigenvalue weighted by atomic mass is 9.68. The van der Waals surface area contributed by atoms with Crippen molar-refractivity contribution in [3.05, 3.63) is 12.7 Å². The lowest BCUT2D eigenvalue weighted by Crippen LogP contribution is -2.50. The molecule has 1 aliphatic rings. The highest BCUT2D eigenvalue weighted by Crippen LogP contribution is 2.39. The summed E-state index contributed by atoms with van der Waals surface area (Å²) < 4.78 is 5.31. The van der Waals surface area contributed by atoms with Crippen molar-refractivity contribution >= 4 is 5.91 Å². The molecule has 0 unspecified atom stereocenters. The summed E-state index contributed by atoms with van der Waals surface area (Å²) in [7, 11) is 0. The molecule has 0 atom stereocenters. The molecule has 3 N–H and O–H groups in total. The maximum atomic E-state index is 11.8. The van der Waals surface area contributed by atoms with Gasteiger partial charge in [0.2, 0.25) is 5.91 Å². The number of hydrogen-bond donors (Lipinski definition) is 2. The highest BCUT2D eigenvalue weighted by molar-refractivity contribution is 5.83. The van der Waals surface area contributed by atoms with Gasteiger partial charge < -0.3 is 15.8 Å². The summed E-state index contributed by atoms with van der Waals surface area (Å²) in [4.78, 5) is 11.8. The van der Waals surface area contributed by atoms with Crippen LogP contribution in [0, 0.1) is 5.41 Å². The van der Waals surface area contributed by atoms with Gasteiger partial charge in [0, 0.05) is 13.1 Å². The summed E-state index contributed by atoms with van der Waals surface area (Å²) in [6.45, 7) is 5.85. The monoisotopic (exact) mass is 226 g/mol. The molecule has 0 bridgehead atoms. The summed E-state index contributed by atoms with van der Waals surface area (Å²) in [6.07, 6.45) is 5.62. The van der Waals surface area contributed by atoms with Crippen molar-refractivity contribution in [2.24, 2.45) is 11.1 Å². The molecule has 92 valence electrons. The number of rotatable bonds is 8. The molecular formula is C12H22N2O2. The lowest BCUT2D eigenvalue weighted by Gasteiger charge is -2.39. The van der Waals surface area contributed by atoms with Gasteiger partial charge in [-0.2, -0.15) is 0 Å². The van der Waals surface area contributed by atoms with E-state index in [1.165, 1.54) is 0 Å². The van der Waals surface area contributed by atoms with Crippen LogP contribution in [0.2, 0.25) is 0 Å². The molecule has 0 spiro atoms. The highest BCUT2D eigenvalue weighted by atomic mass is 16.5. The van der Waals surface area contributed by atoms with Gasteiger partial charge in [-0.15, -0.1) is 6.58 Å². The van der Waals surface area contributed by atoms with Crippen molar-refractivity contribution < 1.29 is 9.53 Å². The third kappa shape index (κ3) is 3.32. The molecule has 0 aromatic carbocycles. The Kier molecular flexibility index (Phi) is 5.49. The second kappa shape index (κ2) is 6.66. The van der Waals surface area contributed by atoms with Crippen LogP contribution in [0.1, 0.15) is 25.7 Å². The zero-order valence-electron chi connectivity index (χ0n) is 9.84. The van der Waals surface area contributed by atoms with Gasteiger partial charge in [0.05, 0.1) is 18.6 Å². The van der Waals surface area contributed by atoms with Gasteiger partial charge in [-0.05, 0) is 19.3 Å². The van der Waals surface area contributed by atoms with E-state index in [4.69, 9.17) is 10.5 Å². The van der Waals surface area contributed by atoms with Gasteiger partial charge in [-0.3, -0.25) is 4.79 Å². The Balaban J connectivity index is 2.08. The maximum Gasteiger partial charge on any atom is 0.227 e. The molecule has 1 aliphatic carbocycles. The number of carbonyl (C=O) groups excluding carboxylic acids is 1. The van der Waals surface area contributed by atoms with Crippen molar-refractivity contribution in [3.8, 4) is 0 Å². The Labute approximate surface area is 97.2 Å². The molecule has 0 aromatic heterocycles. The standard InChI is InChI=1S/C12H22N2O2/c1-2-3-8-16-9-7-14-11(15)12(10-13)5-4-6-12/h2H,1,3-10,13H2,(H,14,15). The summed E-state index contributed by atoms with van der Waals surface area (Å²) >= 11 is 0. The molecule has 1 amide bonds. The molecule has 4 heteroatoms. The summed E-state index contributed by atoms with van der Waals surface area (Å²) in [6, 6.07) is 0. The number of nitrogens with one attached hydrogen (secondary N) is 1. The van der Waals surface area contributed by atoms with Gasteiger partial charge in [0.1, 0.15) is 0 Å². The minimum absolute atomic E-state index is 0.0913. The van der Waals surface area contributed by atoms with Crippen molar-refractivity contribution in [2.45, 2.75) is 25.7 Å². The average molecular weight is 226 g/mol. The third-order valence-corrected chi connectivity index (χ3v) is 3.18. The van der Waals surface area contributed by atoms with Crippen molar-refractivity contribution in [3.63, 3.8) is 0 Å². The minimum atomic E-state index is -0.277. The van der Waals surface area contributed by atoms with Crippen LogP contribution < -0.4 is 11.1 Å². The first-order valence-electron chi connectivity index (χ1n) is 5.92. The second-order valence-electron chi connectivity index (χ2n) is 4.28. The minimum Gasteiger partial charge on any atom is -0.379 e. The summed E-state index contributed by atoms with van der Waals surface area (Å²) in [5.41, 5.74) is 5.36. The van der Waals surface area contributed by atoms with Gasteiger partial charge in [-0.1, -0.05) is 12.5 Å². The predicted molar refractivity (Wildman–Crippen MR) is 64.0 cm³/mol. The second-order valence-corrected chi connectivity index (χ2v) is 4.28. The van der Waals surface area contributed by atoms with E-state index in [-0.39, 0.29) is 11.3 Å². The van der Waals surface area contributed by atoms with E-state index in [9.17, 15) is 4.79 Å². The topological polar surface area (TPSA) is 64.3 Å². The molecule has 0 heterocycles. The van der Waals surface area contributed by atoms with Gasteiger partial charge in [0.15, 0.2) is 0 Å². The highest BCUT2D eigenvalue weighted by Gasteiger charge is 2.42. The predicted octanol–water partition coefficient (Wildman–Crippen LogP) is 0.824. The average Bonchev–Trinajstić information content (AvgIpc) is 2.22. The molecular weight excluding hydrogens is 204 g/mol. The smallest absolute Gasteiger partial charge is 0.227 e. The van der Waals surface area contributed by atoms with E-state index in [0.717, 1.165) is 25.7 Å². The normalized spacial score (nSPS) is 17.6. The Morgan fingerprint density at radius 2 is 2.25 bits per heavy atom. The molecule has 1 saturated carbocycles. The van der Waals surface area contributed by atoms with Crippen LogP contribution in [-0.2, 0) is 9.53 Å². The van der Waals surface area contributed by atoms with E-state index in [0.29, 0.717) is 26.3 Å². The number of nitrogens with two attached hydrogens (primary N) is 1. The fourth-order valence-corrected chi connectivity index (χ4v) is 1.82. The van der Waals surface area contributed by atoms with Crippen molar-refractivity contribution in [1.82, 2.24) is 5.32 Å². The molecule has 4 nitrogen and oxygen atoms in total. The molecule has 0 radical (unpaired) electrons. The molecule has 16 heavy (non-hydrogen) atoms. The SMILES string of the molecule is C=CCCOCCNC(=O)C1(CN)CCC1. The Hall–Kier alpha value is -0.870. The molecule has 0 aromatic rings. The molecule has 1 rings (SSSR count). The maximum absolute atomic E-state index is 11.8. The zero-order valence-corrected chi connectivity index (χ0v) is 9.84. The first-order valence-corrected chi connectivity index (χ1v) is 5.92. The summed E-state index contributed by atoms with van der Waals surface area (Å²) in [5.74, 6) is 0.0913. The lowest BCUT2D eigenvalue weighted by molar-refractivity contribution is -0.135. The van der Waals surface area contributed by atoms with E-state index >= 15 is 0 Å². The van der Waals surface area contributed by atoms with Crippen LogP contribution in [-0.4, -0.2) is 32.2 Å². The van der Waals surface area contributed by atoms with Crippen LogP contribution in [0.4, 0.5) is 0 Å². The van der Waals surface area contributed by atoms with Gasteiger partial charge in [0.25, 0.3) is 0 Å². The molecule has 0 saturated heterocycles. The zero-order chi connectivity index (χ0) is 11.9. The summed E-state index contributed by atoms with van der Waals surface area (Å²) in [5, 5.41) is 2.88. The number of amides is 1. The van der Waals surface area contributed by atoms with E-state index in [2.05, 4.69) is 11.9 Å². The third-order valence-electron chi connectivity index (χ3n) is 3.18. The Morgan fingerprint density at radius 1 is 1.50 bits per heavy atom. The van der Waals surface area contributed by atoms with Gasteiger partial charge in [-0.25, -0.2) is 0 Å². The molecule has 1 fully saturated rings. The molecule has 0 aliphatic heterocycles. The number of carbonyl (C=O) groups is 1. The Morgan fingerprint density at radius 3 is 2.75 bits per heavy atom. The van der Waals surface area contributed by atoms with Crippen LogP contribution in [0.25, 0.3) is 0 Å². The van der Waals surface area contributed by atoms with Crippen LogP contribution in [0.15, 0.2) is 12.7 Å². The van der Waals surface area contributed by atoms with E-state index in [1.807, 2.05) is 6.08 Å². The fourth-order valence-electron chi connectivity index (χ4n) is 1.82. The van der Waals surface area contributed by atoms with Crippen molar-refractivity contribution in [2.75, 3.05) is 26.3 Å². The number of ether oxygens (including phenoxy) is 1. The van der Waals surface area contributed by atoms with Crippen LogP contribution >= 0.6 is 0 Å². The van der Waals surface area contributed by atoms with Gasteiger partial charge >= 0.3 is 0 Å². The quantitative estimate of drug-likeness (QED) is 0.476. The number of hydrogen-bond acceptors (Lipinski definition) is 3. The Bertz CT molecular complexity index is 232. The first-order chi connectivity index (χ1) is 7.75. The van der Waals surface area contributed by atoms with Crippen LogP contribution in [0.3, 0.4) is 0 Å². The van der Waals surface area contributed by atoms with Crippen LogP contribution in [0.5, 0.6) is 0 Å². The largest absolute Gasteiger partial charge is 0.379 e.